The van der Waals surface area contributed by atoms with E-state index in [-0.39, 0.29) is 6.61 Å². The Morgan fingerprint density at radius 1 is 1.50 bits per heavy atom. The number of hydrogen-bond donors (Lipinski definition) is 2. The number of anilines is 1. The van der Waals surface area contributed by atoms with Crippen molar-refractivity contribution in [1.29, 1.82) is 0 Å². The van der Waals surface area contributed by atoms with Crippen LogP contribution in [-0.4, -0.2) is 19.7 Å². The van der Waals surface area contributed by atoms with Gasteiger partial charge in [0.1, 0.15) is 6.61 Å². The highest BCUT2D eigenvalue weighted by Crippen LogP contribution is 2.07. The van der Waals surface area contributed by atoms with E-state index in [0.717, 1.165) is 0 Å². The Morgan fingerprint density at radius 2 is 2.33 bits per heavy atom. The molecule has 0 spiro atoms. The van der Waals surface area contributed by atoms with Crippen LogP contribution in [0.15, 0.2) is 18.3 Å². The summed E-state index contributed by atoms with van der Waals surface area (Å²) in [6, 6.07) is 3.43. The molecule has 3 N–H and O–H groups in total. The lowest BCUT2D eigenvalue weighted by atomic mass is 10.4. The van der Waals surface area contributed by atoms with Crippen molar-refractivity contribution in [2.24, 2.45) is 0 Å². The van der Waals surface area contributed by atoms with Gasteiger partial charge in [-0.05, 0) is 6.07 Å². The second kappa shape index (κ2) is 2.46. The van der Waals surface area contributed by atoms with Crippen molar-refractivity contribution < 1.29 is 5.11 Å². The molecule has 0 amide bonds. The second-order valence-electron chi connectivity index (χ2n) is 2.46. The molecule has 0 bridgehead atoms. The third-order valence-corrected chi connectivity index (χ3v) is 1.65. The van der Waals surface area contributed by atoms with Crippen molar-refractivity contribution in [2.75, 3.05) is 5.73 Å². The molecule has 5 heteroatoms. The van der Waals surface area contributed by atoms with Crippen molar-refractivity contribution in [1.82, 2.24) is 14.6 Å². The largest absolute Gasteiger partial charge is 0.399 e. The molecule has 12 heavy (non-hydrogen) atoms. The first kappa shape index (κ1) is 7.05. The van der Waals surface area contributed by atoms with Gasteiger partial charge < -0.3 is 10.8 Å². The molecule has 0 aliphatic carbocycles. The molecule has 0 aliphatic rings. The SMILES string of the molecule is Nc1ccn2c(CO)nnc2c1. The molecule has 0 saturated heterocycles. The molecule has 0 atom stereocenters. The van der Waals surface area contributed by atoms with Crippen LogP contribution in [-0.2, 0) is 6.61 Å². The number of rotatable bonds is 1. The molecule has 2 aromatic rings. The number of aliphatic hydroxyl groups is 1. The minimum atomic E-state index is -0.120. The van der Waals surface area contributed by atoms with Crippen LogP contribution in [0.5, 0.6) is 0 Å². The normalized spacial score (nSPS) is 10.8. The van der Waals surface area contributed by atoms with Crippen LogP contribution in [0.3, 0.4) is 0 Å². The number of nitrogens with zero attached hydrogens (tertiary/aromatic N) is 3. The highest BCUT2D eigenvalue weighted by Gasteiger charge is 2.02. The Hall–Kier alpha value is -1.62. The fourth-order valence-corrected chi connectivity index (χ4v) is 1.06. The Bertz CT molecular complexity index is 409. The first-order valence-electron chi connectivity index (χ1n) is 3.51. The molecule has 2 heterocycles. The third-order valence-electron chi connectivity index (χ3n) is 1.65. The lowest BCUT2D eigenvalue weighted by molar-refractivity contribution is 0.270. The van der Waals surface area contributed by atoms with Crippen LogP contribution >= 0.6 is 0 Å². The fourth-order valence-electron chi connectivity index (χ4n) is 1.06. The zero-order chi connectivity index (χ0) is 8.55. The average Bonchev–Trinajstić information content (AvgIpc) is 2.46. The van der Waals surface area contributed by atoms with Gasteiger partial charge in [0.15, 0.2) is 11.5 Å². The van der Waals surface area contributed by atoms with Gasteiger partial charge in [-0.3, -0.25) is 4.40 Å². The topological polar surface area (TPSA) is 76.4 Å². The predicted molar refractivity (Wildman–Crippen MR) is 43.3 cm³/mol. The second-order valence-corrected chi connectivity index (χ2v) is 2.46. The van der Waals surface area contributed by atoms with Gasteiger partial charge in [-0.15, -0.1) is 10.2 Å². The number of fused-ring (bicyclic) bond motifs is 1. The van der Waals surface area contributed by atoms with E-state index in [0.29, 0.717) is 17.2 Å². The van der Waals surface area contributed by atoms with E-state index >= 15 is 0 Å². The number of aromatic nitrogens is 3. The van der Waals surface area contributed by atoms with Crippen LogP contribution in [0.2, 0.25) is 0 Å². The summed E-state index contributed by atoms with van der Waals surface area (Å²) in [7, 11) is 0. The predicted octanol–water partition coefficient (Wildman–Crippen LogP) is -0.196. The summed E-state index contributed by atoms with van der Waals surface area (Å²) in [5.74, 6) is 0.519. The molecule has 0 radical (unpaired) electrons. The smallest absolute Gasteiger partial charge is 0.163 e. The van der Waals surface area contributed by atoms with E-state index in [1.165, 1.54) is 0 Å². The van der Waals surface area contributed by atoms with E-state index in [1.807, 2.05) is 0 Å². The van der Waals surface area contributed by atoms with Gasteiger partial charge in [0.05, 0.1) is 0 Å². The van der Waals surface area contributed by atoms with Crippen LogP contribution in [0.25, 0.3) is 5.65 Å². The van der Waals surface area contributed by atoms with Crippen LogP contribution in [0, 0.1) is 0 Å². The van der Waals surface area contributed by atoms with Gasteiger partial charge in [0, 0.05) is 18.0 Å². The molecule has 0 fully saturated rings. The average molecular weight is 164 g/mol. The van der Waals surface area contributed by atoms with Gasteiger partial charge in [0.2, 0.25) is 0 Å². The van der Waals surface area contributed by atoms with E-state index < -0.39 is 0 Å². The highest BCUT2D eigenvalue weighted by atomic mass is 16.3. The quantitative estimate of drug-likeness (QED) is 0.612. The number of hydrogen-bond acceptors (Lipinski definition) is 4. The van der Waals surface area contributed by atoms with E-state index in [1.54, 1.807) is 22.7 Å². The van der Waals surface area contributed by atoms with E-state index in [9.17, 15) is 0 Å². The lowest BCUT2D eigenvalue weighted by Crippen LogP contribution is -1.94. The molecule has 2 rings (SSSR count). The maximum absolute atomic E-state index is 8.84. The van der Waals surface area contributed by atoms with Gasteiger partial charge in [0.25, 0.3) is 0 Å². The molecule has 0 unspecified atom stereocenters. The Kier molecular flexibility index (Phi) is 1.44. The maximum Gasteiger partial charge on any atom is 0.163 e. The van der Waals surface area contributed by atoms with Crippen molar-refractivity contribution in [2.45, 2.75) is 6.61 Å². The zero-order valence-electron chi connectivity index (χ0n) is 6.31. The summed E-state index contributed by atoms with van der Waals surface area (Å²) in [5.41, 5.74) is 6.82. The van der Waals surface area contributed by atoms with Crippen LogP contribution in [0.1, 0.15) is 5.82 Å². The molecule has 0 aliphatic heterocycles. The van der Waals surface area contributed by atoms with Crippen molar-refractivity contribution >= 4 is 11.3 Å². The summed E-state index contributed by atoms with van der Waals surface area (Å²) in [5, 5.41) is 16.4. The Morgan fingerprint density at radius 3 is 3.08 bits per heavy atom. The Labute approximate surface area is 68.5 Å². The van der Waals surface area contributed by atoms with E-state index in [2.05, 4.69) is 10.2 Å². The van der Waals surface area contributed by atoms with Crippen LogP contribution < -0.4 is 5.73 Å². The summed E-state index contributed by atoms with van der Waals surface area (Å²) >= 11 is 0. The number of aliphatic hydroxyl groups excluding tert-OH is 1. The molecule has 62 valence electrons. The monoisotopic (exact) mass is 164 g/mol. The van der Waals surface area contributed by atoms with Gasteiger partial charge >= 0.3 is 0 Å². The standard InChI is InChI=1S/C7H8N4O/c8-5-1-2-11-6(3-5)9-10-7(11)4-12/h1-3,12H,4,8H2. The number of nitrogen functional groups attached to an aromatic ring is 1. The van der Waals surface area contributed by atoms with Gasteiger partial charge in [-0.1, -0.05) is 0 Å². The molecule has 0 aromatic carbocycles. The van der Waals surface area contributed by atoms with Crippen molar-refractivity contribution in [3.8, 4) is 0 Å². The van der Waals surface area contributed by atoms with Crippen molar-refractivity contribution in [3.63, 3.8) is 0 Å². The highest BCUT2D eigenvalue weighted by molar-refractivity contribution is 5.51. The first-order chi connectivity index (χ1) is 5.81. The summed E-state index contributed by atoms with van der Waals surface area (Å²) < 4.78 is 1.69. The first-order valence-corrected chi connectivity index (χ1v) is 3.51. The zero-order valence-corrected chi connectivity index (χ0v) is 6.31. The summed E-state index contributed by atoms with van der Waals surface area (Å²) in [6.07, 6.45) is 1.73. The minimum absolute atomic E-state index is 0.120. The van der Waals surface area contributed by atoms with E-state index in [4.69, 9.17) is 10.8 Å². The number of nitrogens with two attached hydrogens (primary N) is 1. The van der Waals surface area contributed by atoms with Gasteiger partial charge in [-0.2, -0.15) is 0 Å². The lowest BCUT2D eigenvalue weighted by Gasteiger charge is -1.95. The summed E-state index contributed by atoms with van der Waals surface area (Å²) in [4.78, 5) is 0. The third kappa shape index (κ3) is 0.911. The van der Waals surface area contributed by atoms with Crippen molar-refractivity contribution in [3.05, 3.63) is 24.2 Å². The Balaban J connectivity index is 2.73. The summed E-state index contributed by atoms with van der Waals surface area (Å²) in [6.45, 7) is -0.120. The molecule has 2 aromatic heterocycles. The molecule has 0 saturated carbocycles. The van der Waals surface area contributed by atoms with Gasteiger partial charge in [-0.25, -0.2) is 0 Å². The molecule has 5 nitrogen and oxygen atoms in total. The minimum Gasteiger partial charge on any atom is -0.399 e. The van der Waals surface area contributed by atoms with Crippen LogP contribution in [0.4, 0.5) is 5.69 Å². The molecular formula is C7H8N4O. The fraction of sp³-hybridized carbons (Fsp3) is 0.143. The number of pyridine rings is 1. The maximum atomic E-state index is 8.84. The molecular weight excluding hydrogens is 156 g/mol.